The number of rotatable bonds is 1. The smallest absolute Gasteiger partial charge is 0.0373 e. The Balaban J connectivity index is 1.91. The Hall–Kier alpha value is -2.28. The molecule has 0 radical (unpaired) electrons. The summed E-state index contributed by atoms with van der Waals surface area (Å²) in [6, 6.07) is 22.0. The van der Waals surface area contributed by atoms with E-state index in [4.69, 9.17) is 0 Å². The van der Waals surface area contributed by atoms with Gasteiger partial charge in [-0.05, 0) is 52.4 Å². The molecule has 1 aliphatic heterocycles. The molecule has 0 unspecified atom stereocenters. The van der Waals surface area contributed by atoms with Gasteiger partial charge in [-0.25, -0.2) is 0 Å². The van der Waals surface area contributed by atoms with Crippen molar-refractivity contribution in [3.8, 4) is 11.1 Å². The maximum absolute atomic E-state index is 3.48. The molecule has 1 N–H and O–H groups in total. The van der Waals surface area contributed by atoms with E-state index >= 15 is 0 Å². The van der Waals surface area contributed by atoms with Crippen molar-refractivity contribution in [2.45, 2.75) is 12.8 Å². The quantitative estimate of drug-likeness (QED) is 0.657. The highest BCUT2D eigenvalue weighted by molar-refractivity contribution is 5.96. The molecular formula is C19H17N. The lowest BCUT2D eigenvalue weighted by Gasteiger charge is -2.19. The predicted octanol–water partition coefficient (Wildman–Crippen LogP) is 4.86. The van der Waals surface area contributed by atoms with Gasteiger partial charge in [0.2, 0.25) is 0 Å². The van der Waals surface area contributed by atoms with Crippen molar-refractivity contribution in [2.75, 3.05) is 11.9 Å². The minimum absolute atomic E-state index is 1.10. The van der Waals surface area contributed by atoms with E-state index in [1.54, 1.807) is 0 Å². The Bertz CT molecular complexity index is 768. The molecule has 0 bridgehead atoms. The van der Waals surface area contributed by atoms with E-state index in [1.807, 2.05) is 0 Å². The number of fused-ring (bicyclic) bond motifs is 2. The monoisotopic (exact) mass is 259 g/mol. The van der Waals surface area contributed by atoms with Crippen LogP contribution in [0.15, 0.2) is 60.7 Å². The van der Waals surface area contributed by atoms with Crippen molar-refractivity contribution in [1.29, 1.82) is 0 Å². The highest BCUT2D eigenvalue weighted by atomic mass is 14.9. The largest absolute Gasteiger partial charge is 0.385 e. The molecule has 1 heterocycles. The standard InChI is InChI=1S/C19H17N/c1-2-8-17-14(5-1)6-3-9-18(17)15-10-11-19-16(13-15)7-4-12-20-19/h1-3,5-6,8-11,13,20H,4,7,12H2. The van der Waals surface area contributed by atoms with Gasteiger partial charge in [0.25, 0.3) is 0 Å². The third-order valence-corrected chi connectivity index (χ3v) is 4.14. The molecule has 0 amide bonds. The molecule has 1 nitrogen and oxygen atoms in total. The third kappa shape index (κ3) is 1.87. The van der Waals surface area contributed by atoms with Crippen LogP contribution in [0.1, 0.15) is 12.0 Å². The van der Waals surface area contributed by atoms with Crippen LogP contribution in [0, 0.1) is 0 Å². The van der Waals surface area contributed by atoms with Gasteiger partial charge in [-0.2, -0.15) is 0 Å². The van der Waals surface area contributed by atoms with Crippen LogP contribution in [0.3, 0.4) is 0 Å². The third-order valence-electron chi connectivity index (χ3n) is 4.14. The minimum Gasteiger partial charge on any atom is -0.385 e. The Morgan fingerprint density at radius 1 is 0.850 bits per heavy atom. The summed E-state index contributed by atoms with van der Waals surface area (Å²) < 4.78 is 0. The van der Waals surface area contributed by atoms with E-state index in [0.717, 1.165) is 6.54 Å². The van der Waals surface area contributed by atoms with Crippen molar-refractivity contribution < 1.29 is 0 Å². The topological polar surface area (TPSA) is 12.0 Å². The van der Waals surface area contributed by atoms with Crippen LogP contribution in [0.4, 0.5) is 5.69 Å². The van der Waals surface area contributed by atoms with E-state index < -0.39 is 0 Å². The number of aryl methyl sites for hydroxylation is 1. The van der Waals surface area contributed by atoms with E-state index in [9.17, 15) is 0 Å². The van der Waals surface area contributed by atoms with Crippen LogP contribution in [-0.4, -0.2) is 6.54 Å². The maximum atomic E-state index is 3.48. The van der Waals surface area contributed by atoms with E-state index in [1.165, 1.54) is 46.0 Å². The van der Waals surface area contributed by atoms with Gasteiger partial charge in [0.15, 0.2) is 0 Å². The Labute approximate surface area is 119 Å². The maximum Gasteiger partial charge on any atom is 0.0373 e. The van der Waals surface area contributed by atoms with Crippen LogP contribution in [-0.2, 0) is 6.42 Å². The number of hydrogen-bond donors (Lipinski definition) is 1. The van der Waals surface area contributed by atoms with Crippen molar-refractivity contribution in [3.05, 3.63) is 66.2 Å². The molecule has 0 saturated carbocycles. The molecule has 0 atom stereocenters. The number of anilines is 1. The second-order valence-electron chi connectivity index (χ2n) is 5.43. The van der Waals surface area contributed by atoms with Gasteiger partial charge in [0.05, 0.1) is 0 Å². The van der Waals surface area contributed by atoms with Gasteiger partial charge in [-0.3, -0.25) is 0 Å². The summed E-state index contributed by atoms with van der Waals surface area (Å²) in [4.78, 5) is 0. The van der Waals surface area contributed by atoms with E-state index in [0.29, 0.717) is 0 Å². The molecule has 3 aromatic carbocycles. The van der Waals surface area contributed by atoms with Gasteiger partial charge in [0, 0.05) is 12.2 Å². The highest BCUT2D eigenvalue weighted by Crippen LogP contribution is 2.32. The second kappa shape index (κ2) is 4.68. The summed E-state index contributed by atoms with van der Waals surface area (Å²) in [6.45, 7) is 1.10. The average Bonchev–Trinajstić information content (AvgIpc) is 2.54. The minimum atomic E-state index is 1.10. The lowest BCUT2D eigenvalue weighted by Crippen LogP contribution is -2.11. The zero-order chi connectivity index (χ0) is 13.4. The van der Waals surface area contributed by atoms with Crippen LogP contribution in [0.5, 0.6) is 0 Å². The van der Waals surface area contributed by atoms with Crippen LogP contribution < -0.4 is 5.32 Å². The lowest BCUT2D eigenvalue weighted by atomic mass is 9.94. The number of benzene rings is 3. The van der Waals surface area contributed by atoms with Gasteiger partial charge in [-0.15, -0.1) is 0 Å². The van der Waals surface area contributed by atoms with Crippen molar-refractivity contribution in [1.82, 2.24) is 0 Å². The first kappa shape index (κ1) is 11.5. The summed E-state index contributed by atoms with van der Waals surface area (Å²) in [6.07, 6.45) is 2.41. The average molecular weight is 259 g/mol. The van der Waals surface area contributed by atoms with E-state index in [2.05, 4.69) is 66.0 Å². The van der Waals surface area contributed by atoms with Crippen molar-refractivity contribution in [2.24, 2.45) is 0 Å². The summed E-state index contributed by atoms with van der Waals surface area (Å²) in [7, 11) is 0. The van der Waals surface area contributed by atoms with Crippen molar-refractivity contribution >= 4 is 16.5 Å². The Kier molecular flexibility index (Phi) is 2.70. The number of nitrogens with one attached hydrogen (secondary N) is 1. The first-order chi connectivity index (χ1) is 9.92. The highest BCUT2D eigenvalue weighted by Gasteiger charge is 2.10. The normalized spacial score (nSPS) is 13.8. The molecule has 0 aromatic heterocycles. The van der Waals surface area contributed by atoms with Crippen molar-refractivity contribution in [3.63, 3.8) is 0 Å². The fourth-order valence-electron chi connectivity index (χ4n) is 3.12. The van der Waals surface area contributed by atoms with E-state index in [-0.39, 0.29) is 0 Å². The Morgan fingerprint density at radius 3 is 2.75 bits per heavy atom. The summed E-state index contributed by atoms with van der Waals surface area (Å²) in [5.74, 6) is 0. The molecule has 4 rings (SSSR count). The summed E-state index contributed by atoms with van der Waals surface area (Å²) >= 11 is 0. The second-order valence-corrected chi connectivity index (χ2v) is 5.43. The van der Waals surface area contributed by atoms with Gasteiger partial charge < -0.3 is 5.32 Å². The zero-order valence-corrected chi connectivity index (χ0v) is 11.4. The first-order valence-corrected chi connectivity index (χ1v) is 7.27. The molecule has 0 spiro atoms. The lowest BCUT2D eigenvalue weighted by molar-refractivity contribution is 0.831. The van der Waals surface area contributed by atoms with Gasteiger partial charge in [-0.1, -0.05) is 48.5 Å². The fraction of sp³-hybridized carbons (Fsp3) is 0.158. The van der Waals surface area contributed by atoms with Gasteiger partial charge in [0.1, 0.15) is 0 Å². The molecule has 0 fully saturated rings. The summed E-state index contributed by atoms with van der Waals surface area (Å²) in [5, 5.41) is 6.12. The fourth-order valence-corrected chi connectivity index (χ4v) is 3.12. The molecule has 0 saturated heterocycles. The number of hydrogen-bond acceptors (Lipinski definition) is 1. The molecule has 98 valence electrons. The predicted molar refractivity (Wildman–Crippen MR) is 86.2 cm³/mol. The first-order valence-electron chi connectivity index (χ1n) is 7.27. The SMILES string of the molecule is c1ccc2c(-c3ccc4c(c3)CCCN4)cccc2c1. The molecular weight excluding hydrogens is 242 g/mol. The van der Waals surface area contributed by atoms with Crippen LogP contribution in [0.2, 0.25) is 0 Å². The van der Waals surface area contributed by atoms with Crippen LogP contribution in [0.25, 0.3) is 21.9 Å². The molecule has 20 heavy (non-hydrogen) atoms. The molecule has 1 heteroatoms. The zero-order valence-electron chi connectivity index (χ0n) is 11.4. The van der Waals surface area contributed by atoms with Gasteiger partial charge >= 0.3 is 0 Å². The molecule has 0 aliphatic carbocycles. The molecule has 1 aliphatic rings. The van der Waals surface area contributed by atoms with Crippen LogP contribution >= 0.6 is 0 Å². The summed E-state index contributed by atoms with van der Waals surface area (Å²) in [5.41, 5.74) is 5.41. The molecule has 3 aromatic rings. The Morgan fingerprint density at radius 2 is 1.75 bits per heavy atom.